The summed E-state index contributed by atoms with van der Waals surface area (Å²) in [6.07, 6.45) is 1.39. The Labute approximate surface area is 127 Å². The molecule has 0 bridgehead atoms. The third-order valence-electron chi connectivity index (χ3n) is 2.17. The summed E-state index contributed by atoms with van der Waals surface area (Å²) in [7, 11) is 0. The van der Waals surface area contributed by atoms with Gasteiger partial charge in [0.2, 0.25) is 5.88 Å². The van der Waals surface area contributed by atoms with Crippen molar-refractivity contribution in [1.29, 1.82) is 5.26 Å². The van der Waals surface area contributed by atoms with Crippen LogP contribution in [-0.2, 0) is 0 Å². The number of nitrogens with zero attached hydrogens (tertiary/aromatic N) is 2. The number of aromatic nitrogens is 1. The number of nitrogen functional groups attached to an aromatic ring is 1. The fourth-order valence-electron chi connectivity index (χ4n) is 1.32. The second-order valence-electron chi connectivity index (χ2n) is 3.53. The van der Waals surface area contributed by atoms with E-state index < -0.39 is 0 Å². The number of benzene rings is 1. The van der Waals surface area contributed by atoms with Crippen molar-refractivity contribution in [2.75, 3.05) is 5.73 Å². The zero-order valence-corrected chi connectivity index (χ0v) is 12.4. The van der Waals surface area contributed by atoms with Crippen molar-refractivity contribution in [3.8, 4) is 17.7 Å². The maximum Gasteiger partial charge on any atom is 0.237 e. The Morgan fingerprint density at radius 3 is 2.68 bits per heavy atom. The van der Waals surface area contributed by atoms with E-state index in [9.17, 15) is 0 Å². The van der Waals surface area contributed by atoms with Crippen LogP contribution in [-0.4, -0.2) is 4.98 Å². The highest BCUT2D eigenvalue weighted by Crippen LogP contribution is 2.36. The predicted octanol–water partition coefficient (Wildman–Crippen LogP) is 4.40. The quantitative estimate of drug-likeness (QED) is 0.807. The van der Waals surface area contributed by atoms with Gasteiger partial charge in [0.15, 0.2) is 0 Å². The summed E-state index contributed by atoms with van der Waals surface area (Å²) in [5.41, 5.74) is 6.14. The second kappa shape index (κ2) is 5.66. The van der Waals surface area contributed by atoms with E-state index in [0.717, 1.165) is 0 Å². The lowest BCUT2D eigenvalue weighted by molar-refractivity contribution is 0.461. The van der Waals surface area contributed by atoms with Gasteiger partial charge in [-0.3, -0.25) is 0 Å². The highest BCUT2D eigenvalue weighted by Gasteiger charge is 2.12. The van der Waals surface area contributed by atoms with Crippen LogP contribution in [0.4, 0.5) is 5.69 Å². The Balaban J connectivity index is 2.42. The van der Waals surface area contributed by atoms with Crippen molar-refractivity contribution in [2.45, 2.75) is 0 Å². The SMILES string of the molecule is N#Cc1cc(N)cnc1Oc1cc(Cl)c(Br)cc1Cl. The lowest BCUT2D eigenvalue weighted by Crippen LogP contribution is -1.95. The van der Waals surface area contributed by atoms with Crippen LogP contribution in [0.1, 0.15) is 5.56 Å². The summed E-state index contributed by atoms with van der Waals surface area (Å²) < 4.78 is 6.15. The van der Waals surface area contributed by atoms with Gasteiger partial charge in [-0.2, -0.15) is 5.26 Å². The van der Waals surface area contributed by atoms with E-state index in [2.05, 4.69) is 20.9 Å². The molecule has 0 saturated heterocycles. The van der Waals surface area contributed by atoms with Crippen molar-refractivity contribution >= 4 is 44.8 Å². The molecule has 7 heteroatoms. The number of rotatable bonds is 2. The summed E-state index contributed by atoms with van der Waals surface area (Å²) in [4.78, 5) is 3.95. The van der Waals surface area contributed by atoms with E-state index in [4.69, 9.17) is 38.9 Å². The van der Waals surface area contributed by atoms with Gasteiger partial charge in [0.05, 0.1) is 21.9 Å². The molecule has 19 heavy (non-hydrogen) atoms. The van der Waals surface area contributed by atoms with Gasteiger partial charge in [-0.05, 0) is 28.1 Å². The number of hydrogen-bond donors (Lipinski definition) is 1. The standard InChI is InChI=1S/C12H6BrCl2N3O/c13-8-2-10(15)11(3-9(8)14)19-12-6(4-16)1-7(17)5-18-12/h1-3,5H,17H2. The Morgan fingerprint density at radius 2 is 2.00 bits per heavy atom. The molecular weight excluding hydrogens is 353 g/mol. The molecule has 1 heterocycles. The van der Waals surface area contributed by atoms with Crippen LogP contribution in [0.5, 0.6) is 11.6 Å². The van der Waals surface area contributed by atoms with Crippen LogP contribution < -0.4 is 10.5 Å². The zero-order chi connectivity index (χ0) is 14.0. The average molecular weight is 359 g/mol. The summed E-state index contributed by atoms with van der Waals surface area (Å²) in [6, 6.07) is 6.55. The van der Waals surface area contributed by atoms with Gasteiger partial charge in [-0.15, -0.1) is 0 Å². The van der Waals surface area contributed by atoms with Crippen LogP contribution in [0.25, 0.3) is 0 Å². The molecule has 0 radical (unpaired) electrons. The largest absolute Gasteiger partial charge is 0.436 e. The first kappa shape index (κ1) is 13.9. The van der Waals surface area contributed by atoms with Gasteiger partial charge in [0, 0.05) is 10.5 Å². The Morgan fingerprint density at radius 1 is 1.26 bits per heavy atom. The molecular formula is C12H6BrCl2N3O. The number of hydrogen-bond acceptors (Lipinski definition) is 4. The normalized spacial score (nSPS) is 10.0. The van der Waals surface area contributed by atoms with Gasteiger partial charge in [0.25, 0.3) is 0 Å². The van der Waals surface area contributed by atoms with E-state index in [1.165, 1.54) is 18.3 Å². The van der Waals surface area contributed by atoms with E-state index in [0.29, 0.717) is 26.0 Å². The van der Waals surface area contributed by atoms with Gasteiger partial charge in [0.1, 0.15) is 17.4 Å². The van der Waals surface area contributed by atoms with E-state index in [1.54, 1.807) is 6.07 Å². The highest BCUT2D eigenvalue weighted by molar-refractivity contribution is 9.10. The molecule has 0 saturated carbocycles. The lowest BCUT2D eigenvalue weighted by atomic mass is 10.2. The molecule has 0 atom stereocenters. The fourth-order valence-corrected chi connectivity index (χ4v) is 2.15. The van der Waals surface area contributed by atoms with Gasteiger partial charge >= 0.3 is 0 Å². The van der Waals surface area contributed by atoms with Crippen LogP contribution in [0.15, 0.2) is 28.9 Å². The highest BCUT2D eigenvalue weighted by atomic mass is 79.9. The zero-order valence-electron chi connectivity index (χ0n) is 9.32. The minimum atomic E-state index is 0.122. The number of nitrogens with two attached hydrogens (primary N) is 1. The Hall–Kier alpha value is -1.48. The van der Waals surface area contributed by atoms with Gasteiger partial charge in [-0.25, -0.2) is 4.98 Å². The third-order valence-corrected chi connectivity index (χ3v) is 3.67. The molecule has 2 rings (SSSR count). The molecule has 0 spiro atoms. The summed E-state index contributed by atoms with van der Waals surface area (Å²) in [5.74, 6) is 0.431. The third kappa shape index (κ3) is 3.10. The maximum atomic E-state index is 9.00. The molecule has 0 amide bonds. The van der Waals surface area contributed by atoms with Gasteiger partial charge in [-0.1, -0.05) is 23.2 Å². The average Bonchev–Trinajstić information content (AvgIpc) is 2.37. The molecule has 96 valence electrons. The van der Waals surface area contributed by atoms with E-state index >= 15 is 0 Å². The Kier molecular flexibility index (Phi) is 4.15. The van der Waals surface area contributed by atoms with E-state index in [-0.39, 0.29) is 11.4 Å². The number of pyridine rings is 1. The maximum absolute atomic E-state index is 9.00. The lowest BCUT2D eigenvalue weighted by Gasteiger charge is -2.09. The van der Waals surface area contributed by atoms with Crippen LogP contribution in [0, 0.1) is 11.3 Å². The topological polar surface area (TPSA) is 71.9 Å². The van der Waals surface area contributed by atoms with Crippen molar-refractivity contribution in [3.05, 3.63) is 44.5 Å². The molecule has 0 aliphatic heterocycles. The molecule has 4 nitrogen and oxygen atoms in total. The summed E-state index contributed by atoms with van der Waals surface area (Å²) >= 11 is 15.2. The molecule has 1 aromatic heterocycles. The predicted molar refractivity (Wildman–Crippen MR) is 77.6 cm³/mol. The second-order valence-corrected chi connectivity index (χ2v) is 5.20. The molecule has 0 unspecified atom stereocenters. The Bertz CT molecular complexity index is 685. The van der Waals surface area contributed by atoms with Crippen molar-refractivity contribution in [3.63, 3.8) is 0 Å². The van der Waals surface area contributed by atoms with Crippen LogP contribution >= 0.6 is 39.1 Å². The smallest absolute Gasteiger partial charge is 0.237 e. The van der Waals surface area contributed by atoms with Crippen LogP contribution in [0.3, 0.4) is 0 Å². The molecule has 0 fully saturated rings. The minimum Gasteiger partial charge on any atom is -0.436 e. The number of ether oxygens (including phenoxy) is 1. The first-order valence-corrected chi connectivity index (χ1v) is 6.54. The van der Waals surface area contributed by atoms with Crippen molar-refractivity contribution < 1.29 is 4.74 Å². The van der Waals surface area contributed by atoms with Crippen molar-refractivity contribution in [2.24, 2.45) is 0 Å². The number of halogens is 3. The van der Waals surface area contributed by atoms with Crippen LogP contribution in [0.2, 0.25) is 10.0 Å². The molecule has 0 aliphatic carbocycles. The fraction of sp³-hybridized carbons (Fsp3) is 0. The number of anilines is 1. The minimum absolute atomic E-state index is 0.122. The monoisotopic (exact) mass is 357 g/mol. The first-order chi connectivity index (χ1) is 9.01. The summed E-state index contributed by atoms with van der Waals surface area (Å²) in [6.45, 7) is 0. The number of nitriles is 1. The molecule has 0 aliphatic rings. The first-order valence-electron chi connectivity index (χ1n) is 4.99. The van der Waals surface area contributed by atoms with E-state index in [1.807, 2.05) is 6.07 Å². The molecule has 2 aromatic rings. The van der Waals surface area contributed by atoms with Gasteiger partial charge < -0.3 is 10.5 Å². The molecule has 1 aromatic carbocycles. The van der Waals surface area contributed by atoms with Crippen molar-refractivity contribution in [1.82, 2.24) is 4.98 Å². The molecule has 2 N–H and O–H groups in total. The summed E-state index contributed by atoms with van der Waals surface area (Å²) in [5, 5.41) is 9.78.